The standard InChI is InChI=1S/C25H48O3Si/c1-18(2)27-23(26)14-10-12-19(3)20-15-16-21-22(13-11-17-25(20,21)7)28-29(8,9)24(4,5)6/h18-22H,10-17H2,1-9H3/t19-,20+,21-,22-,25+/m0/s1. The predicted molar refractivity (Wildman–Crippen MR) is 124 cm³/mol. The Balaban J connectivity index is 1.97. The summed E-state index contributed by atoms with van der Waals surface area (Å²) in [5, 5.41) is 0.275. The summed E-state index contributed by atoms with van der Waals surface area (Å²) in [7, 11) is -1.73. The van der Waals surface area contributed by atoms with Crippen LogP contribution in [0.15, 0.2) is 0 Å². The van der Waals surface area contributed by atoms with Crippen molar-refractivity contribution < 1.29 is 14.0 Å². The SMILES string of the molecule is CC(C)OC(=O)CCC[C@H](C)[C@H]1CC[C@H]2[C@@H](O[Si](C)(C)C(C)(C)C)CCC[C@]12C. The molecule has 0 aliphatic heterocycles. The van der Waals surface area contributed by atoms with E-state index < -0.39 is 8.32 Å². The van der Waals surface area contributed by atoms with E-state index in [1.54, 1.807) is 0 Å². The third kappa shape index (κ3) is 5.87. The molecule has 2 aliphatic carbocycles. The van der Waals surface area contributed by atoms with Crippen molar-refractivity contribution >= 4 is 14.3 Å². The number of hydrogen-bond donors (Lipinski definition) is 0. The largest absolute Gasteiger partial charge is 0.463 e. The molecule has 2 fully saturated rings. The van der Waals surface area contributed by atoms with E-state index in [2.05, 4.69) is 47.7 Å². The zero-order valence-electron chi connectivity index (χ0n) is 20.8. The summed E-state index contributed by atoms with van der Waals surface area (Å²) in [5.74, 6) is 2.11. The molecule has 29 heavy (non-hydrogen) atoms. The lowest BCUT2D eigenvalue weighted by Crippen LogP contribution is -2.50. The molecule has 170 valence electrons. The Morgan fingerprint density at radius 2 is 1.79 bits per heavy atom. The fourth-order valence-corrected chi connectivity index (χ4v) is 7.27. The van der Waals surface area contributed by atoms with Gasteiger partial charge in [0.2, 0.25) is 0 Å². The van der Waals surface area contributed by atoms with Gasteiger partial charge in [0.1, 0.15) is 0 Å². The maximum Gasteiger partial charge on any atom is 0.306 e. The second-order valence-corrected chi connectivity index (χ2v) is 16.8. The molecule has 0 N–H and O–H groups in total. The van der Waals surface area contributed by atoms with Gasteiger partial charge < -0.3 is 9.16 Å². The van der Waals surface area contributed by atoms with Crippen LogP contribution >= 0.6 is 0 Å². The number of esters is 1. The second-order valence-electron chi connectivity index (χ2n) is 12.0. The highest BCUT2D eigenvalue weighted by atomic mass is 28.4. The van der Waals surface area contributed by atoms with Crippen LogP contribution < -0.4 is 0 Å². The highest BCUT2D eigenvalue weighted by molar-refractivity contribution is 6.74. The van der Waals surface area contributed by atoms with E-state index in [9.17, 15) is 4.79 Å². The molecule has 0 saturated heterocycles. The smallest absolute Gasteiger partial charge is 0.306 e. The predicted octanol–water partition coefficient (Wildman–Crippen LogP) is 7.35. The van der Waals surface area contributed by atoms with Crippen LogP contribution in [0.5, 0.6) is 0 Å². The topological polar surface area (TPSA) is 35.5 Å². The first-order valence-corrected chi connectivity index (χ1v) is 15.1. The van der Waals surface area contributed by atoms with E-state index in [0.717, 1.165) is 18.8 Å². The quantitative estimate of drug-likeness (QED) is 0.302. The molecule has 0 unspecified atom stereocenters. The molecule has 4 heteroatoms. The summed E-state index contributed by atoms with van der Waals surface area (Å²) in [6, 6.07) is 0. The van der Waals surface area contributed by atoms with Gasteiger partial charge in [0.25, 0.3) is 0 Å². The number of ether oxygens (including phenoxy) is 1. The molecule has 2 saturated carbocycles. The summed E-state index contributed by atoms with van der Waals surface area (Å²) < 4.78 is 12.3. The minimum atomic E-state index is -1.73. The molecule has 3 nitrogen and oxygen atoms in total. The van der Waals surface area contributed by atoms with Crippen molar-refractivity contribution in [3.63, 3.8) is 0 Å². The summed E-state index contributed by atoms with van der Waals surface area (Å²) in [6.07, 6.45) is 9.64. The Morgan fingerprint density at radius 1 is 1.14 bits per heavy atom. The van der Waals surface area contributed by atoms with Crippen molar-refractivity contribution in [2.24, 2.45) is 23.2 Å². The van der Waals surface area contributed by atoms with Gasteiger partial charge in [0, 0.05) is 12.5 Å². The number of hydrogen-bond acceptors (Lipinski definition) is 3. The summed E-state index contributed by atoms with van der Waals surface area (Å²) in [5.41, 5.74) is 0.406. The van der Waals surface area contributed by atoms with Crippen LogP contribution in [0, 0.1) is 23.2 Å². The first-order chi connectivity index (χ1) is 13.3. The second kappa shape index (κ2) is 9.42. The van der Waals surface area contributed by atoms with Gasteiger partial charge >= 0.3 is 5.97 Å². The van der Waals surface area contributed by atoms with Gasteiger partial charge in [-0.3, -0.25) is 4.79 Å². The van der Waals surface area contributed by atoms with Crippen LogP contribution in [0.1, 0.15) is 99.8 Å². The van der Waals surface area contributed by atoms with Crippen LogP contribution in [-0.2, 0) is 14.0 Å². The van der Waals surface area contributed by atoms with Crippen LogP contribution in [0.2, 0.25) is 18.1 Å². The highest BCUT2D eigenvalue weighted by Crippen LogP contribution is 2.59. The number of carbonyl (C=O) groups excluding carboxylic acids is 1. The van der Waals surface area contributed by atoms with Gasteiger partial charge in [-0.15, -0.1) is 0 Å². The molecule has 0 amide bonds. The maximum atomic E-state index is 11.9. The molecule has 0 radical (unpaired) electrons. The lowest BCUT2D eigenvalue weighted by molar-refractivity contribution is -0.147. The van der Waals surface area contributed by atoms with E-state index in [1.165, 1.54) is 32.1 Å². The Bertz CT molecular complexity index is 551. The van der Waals surface area contributed by atoms with Gasteiger partial charge in [-0.25, -0.2) is 0 Å². The van der Waals surface area contributed by atoms with E-state index >= 15 is 0 Å². The molecule has 2 rings (SSSR count). The van der Waals surface area contributed by atoms with Crippen molar-refractivity contribution in [3.05, 3.63) is 0 Å². The average Bonchev–Trinajstić information content (AvgIpc) is 2.90. The minimum Gasteiger partial charge on any atom is -0.463 e. The maximum absolute atomic E-state index is 11.9. The molecule has 5 atom stereocenters. The van der Waals surface area contributed by atoms with Crippen molar-refractivity contribution in [1.29, 1.82) is 0 Å². The molecule has 0 spiro atoms. The van der Waals surface area contributed by atoms with Gasteiger partial charge in [-0.2, -0.15) is 0 Å². The van der Waals surface area contributed by atoms with E-state index in [4.69, 9.17) is 9.16 Å². The van der Waals surface area contributed by atoms with Crippen LogP contribution in [-0.4, -0.2) is 26.5 Å². The summed E-state index contributed by atoms with van der Waals surface area (Å²) in [4.78, 5) is 11.9. The summed E-state index contributed by atoms with van der Waals surface area (Å²) in [6.45, 7) is 20.7. The molecule has 2 aliphatic rings. The molecule has 0 bridgehead atoms. The van der Waals surface area contributed by atoms with E-state index in [1.807, 2.05) is 13.8 Å². The normalized spacial score (nSPS) is 31.6. The molecule has 0 heterocycles. The monoisotopic (exact) mass is 424 g/mol. The van der Waals surface area contributed by atoms with Gasteiger partial charge in [-0.05, 0) is 93.7 Å². The molecule has 0 aromatic carbocycles. The number of rotatable bonds is 8. The van der Waals surface area contributed by atoms with Crippen molar-refractivity contribution in [3.8, 4) is 0 Å². The average molecular weight is 425 g/mol. The van der Waals surface area contributed by atoms with Crippen molar-refractivity contribution in [2.75, 3.05) is 0 Å². The lowest BCUT2D eigenvalue weighted by atomic mass is 9.61. The number of carbonyl (C=O) groups is 1. The first-order valence-electron chi connectivity index (χ1n) is 12.1. The Morgan fingerprint density at radius 3 is 2.38 bits per heavy atom. The van der Waals surface area contributed by atoms with Crippen LogP contribution in [0.3, 0.4) is 0 Å². The molecule has 0 aromatic rings. The molecule has 0 aromatic heterocycles. The van der Waals surface area contributed by atoms with Gasteiger partial charge in [0.15, 0.2) is 8.32 Å². The first kappa shape index (κ1) is 24.9. The fraction of sp³-hybridized carbons (Fsp3) is 0.960. The van der Waals surface area contributed by atoms with Crippen molar-refractivity contribution in [1.82, 2.24) is 0 Å². The van der Waals surface area contributed by atoms with Crippen molar-refractivity contribution in [2.45, 2.75) is 130 Å². The molecular formula is C25H48O3Si. The van der Waals surface area contributed by atoms with Gasteiger partial charge in [0.05, 0.1) is 6.10 Å². The van der Waals surface area contributed by atoms with Gasteiger partial charge in [-0.1, -0.05) is 41.0 Å². The van der Waals surface area contributed by atoms with Crippen LogP contribution in [0.4, 0.5) is 0 Å². The fourth-order valence-electron chi connectivity index (χ4n) is 5.88. The number of fused-ring (bicyclic) bond motifs is 1. The van der Waals surface area contributed by atoms with E-state index in [-0.39, 0.29) is 17.1 Å². The zero-order valence-corrected chi connectivity index (χ0v) is 21.8. The Labute approximate surface area is 181 Å². The Hall–Kier alpha value is -0.353. The molecular weight excluding hydrogens is 376 g/mol. The third-order valence-corrected chi connectivity index (χ3v) is 13.0. The zero-order chi connectivity index (χ0) is 22.0. The summed E-state index contributed by atoms with van der Waals surface area (Å²) >= 11 is 0. The highest BCUT2D eigenvalue weighted by Gasteiger charge is 2.54. The Kier molecular flexibility index (Phi) is 8.09. The van der Waals surface area contributed by atoms with Crippen LogP contribution in [0.25, 0.3) is 0 Å². The lowest BCUT2D eigenvalue weighted by Gasteiger charge is -2.50. The minimum absolute atomic E-state index is 0.00510. The third-order valence-electron chi connectivity index (χ3n) is 8.48. The van der Waals surface area contributed by atoms with E-state index in [0.29, 0.717) is 29.8 Å².